The van der Waals surface area contributed by atoms with Crippen LogP contribution in [-0.4, -0.2) is 29.3 Å². The lowest BCUT2D eigenvalue weighted by Crippen LogP contribution is -2.02. The van der Waals surface area contributed by atoms with Gasteiger partial charge in [-0.15, -0.1) is 0 Å². The van der Waals surface area contributed by atoms with E-state index in [-0.39, 0.29) is 29.9 Å². The van der Waals surface area contributed by atoms with Gasteiger partial charge in [-0.05, 0) is 25.1 Å². The fraction of sp³-hybridized carbons (Fsp3) is 0.231. The third-order valence-electron chi connectivity index (χ3n) is 2.38. The van der Waals surface area contributed by atoms with Gasteiger partial charge in [-0.2, -0.15) is 13.8 Å². The standard InChI is InChI=1S/C13H11F2NO5/c1-2-19-12-9(11(17)18)16-10(21-12)7-4-3-5-8(6-7)20-13(14)15/h3-6,13H,2H2,1H3,(H,17,18). The highest BCUT2D eigenvalue weighted by atomic mass is 19.3. The number of hydrogen-bond acceptors (Lipinski definition) is 5. The van der Waals surface area contributed by atoms with Crippen molar-refractivity contribution in [2.24, 2.45) is 0 Å². The van der Waals surface area contributed by atoms with Crippen LogP contribution in [-0.2, 0) is 0 Å². The molecule has 1 heterocycles. The van der Waals surface area contributed by atoms with Gasteiger partial charge in [-0.1, -0.05) is 6.07 Å². The number of halogens is 2. The Labute approximate surface area is 117 Å². The first-order chi connectivity index (χ1) is 10.0. The molecule has 0 spiro atoms. The maximum atomic E-state index is 12.2. The van der Waals surface area contributed by atoms with Crippen LogP contribution in [0.1, 0.15) is 17.4 Å². The minimum absolute atomic E-state index is 0.0597. The predicted molar refractivity (Wildman–Crippen MR) is 66.7 cm³/mol. The van der Waals surface area contributed by atoms with E-state index in [0.29, 0.717) is 5.56 Å². The van der Waals surface area contributed by atoms with Gasteiger partial charge in [-0.25, -0.2) is 4.79 Å². The average molecular weight is 299 g/mol. The third kappa shape index (κ3) is 3.47. The average Bonchev–Trinajstić information content (AvgIpc) is 2.83. The predicted octanol–water partition coefficient (Wildman–Crippen LogP) is 3.04. The lowest BCUT2D eigenvalue weighted by Gasteiger charge is -2.04. The van der Waals surface area contributed by atoms with Crippen molar-refractivity contribution in [3.8, 4) is 23.1 Å². The summed E-state index contributed by atoms with van der Waals surface area (Å²) in [6.45, 7) is -1.10. The molecule has 6 nitrogen and oxygen atoms in total. The molecule has 1 aromatic carbocycles. The molecule has 0 aliphatic rings. The maximum absolute atomic E-state index is 12.2. The first-order valence-electron chi connectivity index (χ1n) is 5.93. The fourth-order valence-electron chi connectivity index (χ4n) is 1.60. The summed E-state index contributed by atoms with van der Waals surface area (Å²) in [5.41, 5.74) is -0.0892. The fourth-order valence-corrected chi connectivity index (χ4v) is 1.60. The molecule has 1 aromatic heterocycles. The molecule has 0 radical (unpaired) electrons. The van der Waals surface area contributed by atoms with Gasteiger partial charge in [0.2, 0.25) is 11.6 Å². The van der Waals surface area contributed by atoms with Crippen LogP contribution in [0, 0.1) is 0 Å². The molecule has 112 valence electrons. The minimum atomic E-state index is -2.96. The summed E-state index contributed by atoms with van der Waals surface area (Å²) in [5.74, 6) is -1.69. The molecule has 2 rings (SSSR count). The Morgan fingerprint density at radius 2 is 2.24 bits per heavy atom. The van der Waals surface area contributed by atoms with Crippen molar-refractivity contribution in [3.63, 3.8) is 0 Å². The third-order valence-corrected chi connectivity index (χ3v) is 2.38. The first kappa shape index (κ1) is 14.8. The number of ether oxygens (including phenoxy) is 2. The number of benzene rings is 1. The number of alkyl halides is 2. The molecule has 0 aliphatic heterocycles. The molecule has 0 amide bonds. The largest absolute Gasteiger partial charge is 0.476 e. The second kappa shape index (κ2) is 6.21. The number of aromatic carboxylic acids is 1. The molecule has 0 saturated heterocycles. The number of hydrogen-bond donors (Lipinski definition) is 1. The van der Waals surface area contributed by atoms with Crippen LogP contribution >= 0.6 is 0 Å². The molecular formula is C13H11F2NO5. The van der Waals surface area contributed by atoms with E-state index < -0.39 is 12.6 Å². The summed E-state index contributed by atoms with van der Waals surface area (Å²) in [6.07, 6.45) is 0. The highest BCUT2D eigenvalue weighted by Gasteiger charge is 2.22. The second-order valence-corrected chi connectivity index (χ2v) is 3.80. The highest BCUT2D eigenvalue weighted by Crippen LogP contribution is 2.29. The van der Waals surface area contributed by atoms with E-state index in [4.69, 9.17) is 14.3 Å². The molecule has 2 aromatic rings. The molecule has 1 N–H and O–H groups in total. The highest BCUT2D eigenvalue weighted by molar-refractivity contribution is 5.88. The molecule has 0 fully saturated rings. The van der Waals surface area contributed by atoms with Crippen molar-refractivity contribution in [2.45, 2.75) is 13.5 Å². The second-order valence-electron chi connectivity index (χ2n) is 3.80. The van der Waals surface area contributed by atoms with E-state index in [9.17, 15) is 13.6 Å². The molecular weight excluding hydrogens is 288 g/mol. The number of carbonyl (C=O) groups is 1. The van der Waals surface area contributed by atoms with E-state index >= 15 is 0 Å². The zero-order chi connectivity index (χ0) is 15.4. The molecule has 0 atom stereocenters. The van der Waals surface area contributed by atoms with Crippen molar-refractivity contribution in [3.05, 3.63) is 30.0 Å². The number of rotatable bonds is 6. The van der Waals surface area contributed by atoms with Gasteiger partial charge in [0.1, 0.15) is 5.75 Å². The topological polar surface area (TPSA) is 81.8 Å². The van der Waals surface area contributed by atoms with Crippen LogP contribution in [0.4, 0.5) is 8.78 Å². The maximum Gasteiger partial charge on any atom is 0.387 e. The smallest absolute Gasteiger partial charge is 0.387 e. The lowest BCUT2D eigenvalue weighted by atomic mass is 10.2. The zero-order valence-electron chi connectivity index (χ0n) is 10.9. The van der Waals surface area contributed by atoms with E-state index in [1.807, 2.05) is 0 Å². The Morgan fingerprint density at radius 3 is 2.86 bits per heavy atom. The van der Waals surface area contributed by atoms with Crippen molar-refractivity contribution >= 4 is 5.97 Å². The minimum Gasteiger partial charge on any atom is -0.476 e. The number of oxazole rings is 1. The van der Waals surface area contributed by atoms with Crippen molar-refractivity contribution in [1.82, 2.24) is 4.98 Å². The Balaban J connectivity index is 2.37. The summed E-state index contributed by atoms with van der Waals surface area (Å²) in [7, 11) is 0. The Morgan fingerprint density at radius 1 is 1.48 bits per heavy atom. The van der Waals surface area contributed by atoms with Gasteiger partial charge in [-0.3, -0.25) is 0 Å². The van der Waals surface area contributed by atoms with Crippen LogP contribution in [0.5, 0.6) is 11.7 Å². The van der Waals surface area contributed by atoms with Gasteiger partial charge in [0.05, 0.1) is 6.61 Å². The molecule has 21 heavy (non-hydrogen) atoms. The van der Waals surface area contributed by atoms with Crippen LogP contribution < -0.4 is 9.47 Å². The molecule has 0 aliphatic carbocycles. The number of nitrogens with zero attached hydrogens (tertiary/aromatic N) is 1. The normalized spacial score (nSPS) is 10.7. The Bertz CT molecular complexity index is 641. The summed E-state index contributed by atoms with van der Waals surface area (Å²) in [6, 6.07) is 5.57. The van der Waals surface area contributed by atoms with E-state index in [1.165, 1.54) is 24.3 Å². The van der Waals surface area contributed by atoms with Crippen LogP contribution in [0.15, 0.2) is 28.7 Å². The van der Waals surface area contributed by atoms with Crippen molar-refractivity contribution < 1.29 is 32.6 Å². The quantitative estimate of drug-likeness (QED) is 0.882. The van der Waals surface area contributed by atoms with Crippen molar-refractivity contribution in [1.29, 1.82) is 0 Å². The van der Waals surface area contributed by atoms with E-state index in [2.05, 4.69) is 9.72 Å². The van der Waals surface area contributed by atoms with Gasteiger partial charge < -0.3 is 19.0 Å². The monoisotopic (exact) mass is 299 g/mol. The number of carboxylic acid groups (broad SMARTS) is 1. The summed E-state index contributed by atoms with van der Waals surface area (Å²) in [4.78, 5) is 14.8. The lowest BCUT2D eigenvalue weighted by molar-refractivity contribution is -0.0498. The van der Waals surface area contributed by atoms with Gasteiger partial charge in [0.15, 0.2) is 0 Å². The molecule has 0 saturated carbocycles. The summed E-state index contributed by atoms with van der Waals surface area (Å²) < 4.78 is 38.8. The summed E-state index contributed by atoms with van der Waals surface area (Å²) >= 11 is 0. The van der Waals surface area contributed by atoms with Gasteiger partial charge in [0.25, 0.3) is 0 Å². The van der Waals surface area contributed by atoms with E-state index in [0.717, 1.165) is 0 Å². The zero-order valence-corrected chi connectivity index (χ0v) is 10.9. The van der Waals surface area contributed by atoms with Gasteiger partial charge in [0, 0.05) is 5.56 Å². The Hall–Kier alpha value is -2.64. The number of carboxylic acids is 1. The molecule has 8 heteroatoms. The van der Waals surface area contributed by atoms with E-state index in [1.54, 1.807) is 6.92 Å². The number of aromatic nitrogens is 1. The van der Waals surface area contributed by atoms with Crippen LogP contribution in [0.25, 0.3) is 11.5 Å². The summed E-state index contributed by atoms with van der Waals surface area (Å²) in [5, 5.41) is 9.00. The molecule has 0 unspecified atom stereocenters. The molecule has 0 bridgehead atoms. The SMILES string of the molecule is CCOc1oc(-c2cccc(OC(F)F)c2)nc1C(=O)O. The Kier molecular flexibility index (Phi) is 4.36. The first-order valence-corrected chi connectivity index (χ1v) is 5.93. The van der Waals surface area contributed by atoms with Gasteiger partial charge >= 0.3 is 18.5 Å². The van der Waals surface area contributed by atoms with Crippen molar-refractivity contribution in [2.75, 3.05) is 6.61 Å². The van der Waals surface area contributed by atoms with Crippen LogP contribution in [0.2, 0.25) is 0 Å². The van der Waals surface area contributed by atoms with Crippen LogP contribution in [0.3, 0.4) is 0 Å².